The first-order valence-electron chi connectivity index (χ1n) is 4.22. The third-order valence-corrected chi connectivity index (χ3v) is 2.80. The lowest BCUT2D eigenvalue weighted by Gasteiger charge is -2.01. The number of hydrogen-bond donors (Lipinski definition) is 1. The first-order chi connectivity index (χ1) is 7.34. The molecule has 0 aliphatic carbocycles. The smallest absolute Gasteiger partial charge is 0.348 e. The van der Waals surface area contributed by atoms with Crippen molar-refractivity contribution in [1.82, 2.24) is 9.97 Å². The highest BCUT2D eigenvalue weighted by molar-refractivity contribution is 7.14. The average molecular weight is 219 g/mol. The molecule has 74 valence electrons. The summed E-state index contributed by atoms with van der Waals surface area (Å²) < 4.78 is 5.07. The van der Waals surface area contributed by atoms with E-state index in [2.05, 4.69) is 15.3 Å². The van der Waals surface area contributed by atoms with Gasteiger partial charge < -0.3 is 10.1 Å². The SMILES string of the molecule is O=C1Oc2nccnc2Nc2sccc21. The second-order valence-corrected chi connectivity index (χ2v) is 3.80. The zero-order valence-electron chi connectivity index (χ0n) is 7.43. The molecule has 1 aliphatic heterocycles. The Kier molecular flexibility index (Phi) is 1.69. The van der Waals surface area contributed by atoms with Crippen LogP contribution in [0, 0.1) is 0 Å². The van der Waals surface area contributed by atoms with Crippen molar-refractivity contribution in [2.24, 2.45) is 0 Å². The highest BCUT2D eigenvalue weighted by Gasteiger charge is 2.23. The lowest BCUT2D eigenvalue weighted by atomic mass is 10.3. The zero-order valence-corrected chi connectivity index (χ0v) is 8.25. The van der Waals surface area contributed by atoms with Crippen molar-refractivity contribution in [3.8, 4) is 5.88 Å². The summed E-state index contributed by atoms with van der Waals surface area (Å²) in [6, 6.07) is 1.71. The summed E-state index contributed by atoms with van der Waals surface area (Å²) in [6.45, 7) is 0. The molecular formula is C9H5N3O2S. The number of esters is 1. The molecule has 6 heteroatoms. The minimum Gasteiger partial charge on any atom is -0.400 e. The summed E-state index contributed by atoms with van der Waals surface area (Å²) >= 11 is 1.43. The lowest BCUT2D eigenvalue weighted by molar-refractivity contribution is 0.0731. The number of fused-ring (bicyclic) bond motifs is 2. The molecule has 0 amide bonds. The van der Waals surface area contributed by atoms with Gasteiger partial charge in [-0.15, -0.1) is 11.3 Å². The summed E-state index contributed by atoms with van der Waals surface area (Å²) in [5.74, 6) is 0.274. The number of ether oxygens (including phenoxy) is 1. The number of rotatable bonds is 0. The first-order valence-corrected chi connectivity index (χ1v) is 5.10. The number of anilines is 2. The molecule has 0 unspecified atom stereocenters. The van der Waals surface area contributed by atoms with Crippen LogP contribution in [0.25, 0.3) is 0 Å². The van der Waals surface area contributed by atoms with Crippen molar-refractivity contribution in [3.63, 3.8) is 0 Å². The number of nitrogens with one attached hydrogen (secondary N) is 1. The van der Waals surface area contributed by atoms with Crippen LogP contribution in [-0.2, 0) is 0 Å². The van der Waals surface area contributed by atoms with Crippen LogP contribution in [0.4, 0.5) is 10.8 Å². The minimum absolute atomic E-state index is 0.214. The van der Waals surface area contributed by atoms with E-state index in [1.807, 2.05) is 5.38 Å². The molecule has 0 radical (unpaired) electrons. The Morgan fingerprint density at radius 3 is 3.13 bits per heavy atom. The molecule has 0 atom stereocenters. The fourth-order valence-electron chi connectivity index (χ4n) is 1.30. The second kappa shape index (κ2) is 3.03. The fourth-order valence-corrected chi connectivity index (χ4v) is 2.08. The maximum Gasteiger partial charge on any atom is 0.348 e. The maximum atomic E-state index is 11.6. The summed E-state index contributed by atoms with van der Waals surface area (Å²) in [4.78, 5) is 19.6. The molecule has 3 heterocycles. The van der Waals surface area contributed by atoms with Gasteiger partial charge in [-0.3, -0.25) is 0 Å². The van der Waals surface area contributed by atoms with Crippen molar-refractivity contribution in [3.05, 3.63) is 29.4 Å². The predicted octanol–water partition coefficient (Wildman–Crippen LogP) is 1.81. The van der Waals surface area contributed by atoms with Gasteiger partial charge in [0.25, 0.3) is 5.88 Å². The van der Waals surface area contributed by atoms with Crippen molar-refractivity contribution in [2.45, 2.75) is 0 Å². The molecule has 0 saturated heterocycles. The van der Waals surface area contributed by atoms with Gasteiger partial charge in [0, 0.05) is 12.4 Å². The normalized spacial score (nSPS) is 13.2. The Balaban J connectivity index is 2.18. The van der Waals surface area contributed by atoms with E-state index >= 15 is 0 Å². The summed E-state index contributed by atoms with van der Waals surface area (Å²) in [6.07, 6.45) is 3.02. The molecule has 0 aromatic carbocycles. The van der Waals surface area contributed by atoms with E-state index in [9.17, 15) is 4.79 Å². The van der Waals surface area contributed by atoms with E-state index in [0.29, 0.717) is 11.4 Å². The van der Waals surface area contributed by atoms with Gasteiger partial charge in [0.2, 0.25) is 0 Å². The number of hydrogen-bond acceptors (Lipinski definition) is 6. The van der Waals surface area contributed by atoms with Gasteiger partial charge in [0.05, 0.1) is 5.56 Å². The average Bonchev–Trinajstić information content (AvgIpc) is 2.64. The number of nitrogens with zero attached hydrogens (tertiary/aromatic N) is 2. The first kappa shape index (κ1) is 8.37. The molecule has 2 aromatic heterocycles. The van der Waals surface area contributed by atoms with Crippen LogP contribution < -0.4 is 10.1 Å². The van der Waals surface area contributed by atoms with Gasteiger partial charge in [0.15, 0.2) is 5.82 Å². The molecular weight excluding hydrogens is 214 g/mol. The molecule has 0 saturated carbocycles. The third kappa shape index (κ3) is 1.26. The summed E-state index contributed by atoms with van der Waals surface area (Å²) in [5, 5.41) is 5.57. The predicted molar refractivity (Wildman–Crippen MR) is 54.6 cm³/mol. The fraction of sp³-hybridized carbons (Fsp3) is 0. The van der Waals surface area contributed by atoms with E-state index in [1.165, 1.54) is 23.7 Å². The zero-order chi connectivity index (χ0) is 10.3. The lowest BCUT2D eigenvalue weighted by Crippen LogP contribution is -2.06. The maximum absolute atomic E-state index is 11.6. The minimum atomic E-state index is -0.405. The number of aromatic nitrogens is 2. The molecule has 1 N–H and O–H groups in total. The van der Waals surface area contributed by atoms with Gasteiger partial charge in [-0.05, 0) is 11.4 Å². The van der Waals surface area contributed by atoms with Crippen LogP contribution in [0.15, 0.2) is 23.8 Å². The Morgan fingerprint density at radius 2 is 2.20 bits per heavy atom. The quantitative estimate of drug-likeness (QED) is 0.684. The Morgan fingerprint density at radius 1 is 1.33 bits per heavy atom. The Bertz CT molecular complexity index is 538. The van der Waals surface area contributed by atoms with E-state index in [-0.39, 0.29) is 5.88 Å². The van der Waals surface area contributed by atoms with Crippen molar-refractivity contribution < 1.29 is 9.53 Å². The molecule has 2 aromatic rings. The van der Waals surface area contributed by atoms with E-state index in [1.54, 1.807) is 6.07 Å². The monoisotopic (exact) mass is 219 g/mol. The molecule has 5 nitrogen and oxygen atoms in total. The number of thiophene rings is 1. The van der Waals surface area contributed by atoms with Crippen LogP contribution in [0.1, 0.15) is 10.4 Å². The van der Waals surface area contributed by atoms with E-state index in [4.69, 9.17) is 4.74 Å². The molecule has 1 aliphatic rings. The number of carbonyl (C=O) groups is 1. The molecule has 0 fully saturated rings. The standard InChI is InChI=1S/C9H5N3O2S/c13-9-5-1-4-15-8(5)12-6-7(14-9)11-3-2-10-6/h1-4H,(H,10,12). The largest absolute Gasteiger partial charge is 0.400 e. The summed E-state index contributed by atoms with van der Waals surface area (Å²) in [5.41, 5.74) is 0.514. The molecule has 0 spiro atoms. The van der Waals surface area contributed by atoms with Crippen LogP contribution in [0.5, 0.6) is 5.88 Å². The molecule has 15 heavy (non-hydrogen) atoms. The van der Waals surface area contributed by atoms with Crippen molar-refractivity contribution >= 4 is 28.1 Å². The van der Waals surface area contributed by atoms with E-state index < -0.39 is 5.97 Å². The van der Waals surface area contributed by atoms with Crippen LogP contribution in [0.3, 0.4) is 0 Å². The third-order valence-electron chi connectivity index (χ3n) is 1.97. The molecule has 0 bridgehead atoms. The van der Waals surface area contributed by atoms with Crippen LogP contribution in [0.2, 0.25) is 0 Å². The second-order valence-electron chi connectivity index (χ2n) is 2.89. The Hall–Kier alpha value is -1.95. The van der Waals surface area contributed by atoms with Gasteiger partial charge in [-0.1, -0.05) is 0 Å². The number of carbonyl (C=O) groups excluding carboxylic acids is 1. The van der Waals surface area contributed by atoms with Crippen LogP contribution >= 0.6 is 11.3 Å². The molecule has 3 rings (SSSR count). The topological polar surface area (TPSA) is 64.1 Å². The van der Waals surface area contributed by atoms with Crippen molar-refractivity contribution in [2.75, 3.05) is 5.32 Å². The highest BCUT2D eigenvalue weighted by Crippen LogP contribution is 2.33. The van der Waals surface area contributed by atoms with Crippen molar-refractivity contribution in [1.29, 1.82) is 0 Å². The van der Waals surface area contributed by atoms with E-state index in [0.717, 1.165) is 5.00 Å². The highest BCUT2D eigenvalue weighted by atomic mass is 32.1. The Labute approximate surface area is 88.8 Å². The summed E-state index contributed by atoms with van der Waals surface area (Å²) in [7, 11) is 0. The van der Waals surface area contributed by atoms with Gasteiger partial charge in [-0.25, -0.2) is 14.8 Å². The van der Waals surface area contributed by atoms with Crippen LogP contribution in [-0.4, -0.2) is 15.9 Å². The van der Waals surface area contributed by atoms with Gasteiger partial charge in [-0.2, -0.15) is 0 Å². The van der Waals surface area contributed by atoms with Gasteiger partial charge >= 0.3 is 5.97 Å². The van der Waals surface area contributed by atoms with Gasteiger partial charge in [0.1, 0.15) is 5.00 Å².